The van der Waals surface area contributed by atoms with E-state index in [-0.39, 0.29) is 17.0 Å². The topological polar surface area (TPSA) is 37.3 Å². The number of halogens is 1. The average Bonchev–Trinajstić information content (AvgIpc) is 2.31. The van der Waals surface area contributed by atoms with Gasteiger partial charge in [-0.3, -0.25) is 4.79 Å². The maximum absolute atomic E-state index is 10.3. The number of carboxylic acid groups (broad SMARTS) is 1. The zero-order valence-corrected chi connectivity index (χ0v) is 14.5. The van der Waals surface area contributed by atoms with Gasteiger partial charge in [0.25, 0.3) is 0 Å². The molecule has 0 radical (unpaired) electrons. The summed E-state index contributed by atoms with van der Waals surface area (Å²) in [6, 6.07) is 0. The Morgan fingerprint density at radius 3 is 1.74 bits per heavy atom. The predicted octanol–water partition coefficient (Wildman–Crippen LogP) is 0.682. The van der Waals surface area contributed by atoms with E-state index in [0.717, 1.165) is 17.3 Å². The molecule has 0 saturated heterocycles. The van der Waals surface area contributed by atoms with Crippen LogP contribution in [0.15, 0.2) is 0 Å². The Morgan fingerprint density at radius 1 is 0.895 bits per heavy atom. The van der Waals surface area contributed by atoms with Crippen molar-refractivity contribution in [3.05, 3.63) is 0 Å². The van der Waals surface area contributed by atoms with Gasteiger partial charge in [0.15, 0.2) is 0 Å². The third kappa shape index (κ3) is 15.9. The van der Waals surface area contributed by atoms with Gasteiger partial charge < -0.3 is 26.6 Å². The first-order valence-electron chi connectivity index (χ1n) is 7.52. The fourth-order valence-corrected chi connectivity index (χ4v) is 2.03. The molecule has 0 amide bonds. The number of unbranched alkanes of at least 4 members (excludes halogenated alkanes) is 7. The number of nitrogens with zero attached hydrogens (tertiary/aromatic N) is 1. The van der Waals surface area contributed by atoms with Gasteiger partial charge in [-0.1, -0.05) is 32.1 Å². The van der Waals surface area contributed by atoms with Gasteiger partial charge in [0.1, 0.15) is 0 Å². The molecule has 0 unspecified atom stereocenters. The van der Waals surface area contributed by atoms with Crippen molar-refractivity contribution < 1.29 is 31.4 Å². The van der Waals surface area contributed by atoms with Gasteiger partial charge in [-0.2, -0.15) is 0 Å². The molecule has 0 atom stereocenters. The zero-order valence-electron chi connectivity index (χ0n) is 13.0. The number of aliphatic carboxylic acids is 1. The lowest BCUT2D eigenvalue weighted by atomic mass is 10.1. The van der Waals surface area contributed by atoms with E-state index in [4.69, 9.17) is 5.11 Å². The third-order valence-corrected chi connectivity index (χ3v) is 3.76. The predicted molar refractivity (Wildman–Crippen MR) is 76.7 cm³/mol. The van der Waals surface area contributed by atoms with Crippen molar-refractivity contribution in [3.8, 4) is 0 Å². The summed E-state index contributed by atoms with van der Waals surface area (Å²) in [5, 5.41) is 8.50. The first-order chi connectivity index (χ1) is 8.48. The lowest BCUT2D eigenvalue weighted by molar-refractivity contribution is -0.888. The Morgan fingerprint density at radius 2 is 1.32 bits per heavy atom. The molecule has 116 valence electrons. The number of quaternary nitrogens is 1. The molecule has 0 aromatic rings. The third-order valence-electron chi connectivity index (χ3n) is 3.76. The molecule has 0 aromatic carbocycles. The van der Waals surface area contributed by atoms with Crippen LogP contribution in [0.3, 0.4) is 0 Å². The van der Waals surface area contributed by atoms with Crippen molar-refractivity contribution in [2.45, 2.75) is 64.7 Å². The molecule has 0 bridgehead atoms. The van der Waals surface area contributed by atoms with Crippen LogP contribution in [-0.2, 0) is 4.79 Å². The SMILES string of the molecule is CC[N+](C)(C)CCCCCCCCCCC(=O)O.[Br-]. The van der Waals surface area contributed by atoms with Crippen LogP contribution in [-0.4, -0.2) is 42.7 Å². The second kappa shape index (κ2) is 12.9. The van der Waals surface area contributed by atoms with Crippen LogP contribution >= 0.6 is 0 Å². The normalized spacial score (nSPS) is 11.1. The molecule has 0 aliphatic rings. The Bertz CT molecular complexity index is 220. The highest BCUT2D eigenvalue weighted by molar-refractivity contribution is 5.66. The molecule has 4 heteroatoms. The van der Waals surface area contributed by atoms with Crippen LogP contribution in [0.4, 0.5) is 0 Å². The van der Waals surface area contributed by atoms with Gasteiger partial charge >= 0.3 is 5.97 Å². The maximum atomic E-state index is 10.3. The molecule has 0 aromatic heterocycles. The maximum Gasteiger partial charge on any atom is 0.303 e. The number of hydrogen-bond acceptors (Lipinski definition) is 1. The molecular weight excluding hydrogens is 306 g/mol. The van der Waals surface area contributed by atoms with E-state index in [1.165, 1.54) is 51.6 Å². The van der Waals surface area contributed by atoms with Crippen LogP contribution in [0.2, 0.25) is 0 Å². The van der Waals surface area contributed by atoms with Crippen molar-refractivity contribution in [2.24, 2.45) is 0 Å². The fraction of sp³-hybridized carbons (Fsp3) is 0.933. The highest BCUT2D eigenvalue weighted by Crippen LogP contribution is 2.10. The van der Waals surface area contributed by atoms with Gasteiger partial charge in [-0.25, -0.2) is 0 Å². The number of hydrogen-bond donors (Lipinski definition) is 1. The summed E-state index contributed by atoms with van der Waals surface area (Å²) >= 11 is 0. The second-order valence-electron chi connectivity index (χ2n) is 5.95. The minimum atomic E-state index is -0.660. The van der Waals surface area contributed by atoms with Crippen molar-refractivity contribution in [2.75, 3.05) is 27.2 Å². The molecule has 0 heterocycles. The molecule has 1 N–H and O–H groups in total. The van der Waals surface area contributed by atoms with E-state index in [0.29, 0.717) is 6.42 Å². The summed E-state index contributed by atoms with van der Waals surface area (Å²) in [6.45, 7) is 4.75. The summed E-state index contributed by atoms with van der Waals surface area (Å²) in [5.41, 5.74) is 0. The molecular formula is C15H32BrNO2. The minimum Gasteiger partial charge on any atom is -1.00 e. The highest BCUT2D eigenvalue weighted by atomic mass is 79.9. The second-order valence-corrected chi connectivity index (χ2v) is 5.95. The van der Waals surface area contributed by atoms with Gasteiger partial charge in [-0.15, -0.1) is 0 Å². The van der Waals surface area contributed by atoms with Crippen molar-refractivity contribution in [1.29, 1.82) is 0 Å². The Balaban J connectivity index is 0. The van der Waals surface area contributed by atoms with Gasteiger partial charge in [0.2, 0.25) is 0 Å². The summed E-state index contributed by atoms with van der Waals surface area (Å²) in [6.07, 6.45) is 10.1. The van der Waals surface area contributed by atoms with E-state index in [1.807, 2.05) is 0 Å². The zero-order chi connectivity index (χ0) is 13.9. The van der Waals surface area contributed by atoms with Gasteiger partial charge in [-0.05, 0) is 26.2 Å². The lowest BCUT2D eigenvalue weighted by Crippen LogP contribution is -3.00. The van der Waals surface area contributed by atoms with Gasteiger partial charge in [0.05, 0.1) is 27.2 Å². The summed E-state index contributed by atoms with van der Waals surface area (Å²) in [4.78, 5) is 10.3. The van der Waals surface area contributed by atoms with Crippen LogP contribution in [0.1, 0.15) is 64.7 Å². The van der Waals surface area contributed by atoms with Crippen molar-refractivity contribution in [1.82, 2.24) is 0 Å². The van der Waals surface area contributed by atoms with E-state index in [1.54, 1.807) is 0 Å². The monoisotopic (exact) mass is 337 g/mol. The molecule has 3 nitrogen and oxygen atoms in total. The fourth-order valence-electron chi connectivity index (χ4n) is 2.03. The van der Waals surface area contributed by atoms with Crippen LogP contribution in [0, 0.1) is 0 Å². The first-order valence-corrected chi connectivity index (χ1v) is 7.52. The molecule has 0 aliphatic carbocycles. The standard InChI is InChI=1S/C15H31NO2.BrH/c1-4-16(2,3)14-12-10-8-6-5-7-9-11-13-15(17)18;/h4-14H2,1-3H3;1H. The largest absolute Gasteiger partial charge is 1.00 e. The highest BCUT2D eigenvalue weighted by Gasteiger charge is 2.09. The Hall–Kier alpha value is -0.0900. The summed E-state index contributed by atoms with van der Waals surface area (Å²) in [7, 11) is 4.59. The van der Waals surface area contributed by atoms with Crippen LogP contribution < -0.4 is 17.0 Å². The number of carbonyl (C=O) groups is 1. The van der Waals surface area contributed by atoms with Crippen molar-refractivity contribution in [3.63, 3.8) is 0 Å². The minimum absolute atomic E-state index is 0. The lowest BCUT2D eigenvalue weighted by Gasteiger charge is -2.28. The number of carboxylic acids is 1. The average molecular weight is 338 g/mol. The first kappa shape index (κ1) is 21.2. The molecule has 0 fully saturated rings. The Labute approximate surface area is 129 Å². The smallest absolute Gasteiger partial charge is 0.303 e. The molecule has 0 aliphatic heterocycles. The molecule has 0 spiro atoms. The van der Waals surface area contributed by atoms with Gasteiger partial charge in [0, 0.05) is 6.42 Å². The van der Waals surface area contributed by atoms with E-state index < -0.39 is 5.97 Å². The Kier molecular flexibility index (Phi) is 14.4. The van der Waals surface area contributed by atoms with Crippen LogP contribution in [0.5, 0.6) is 0 Å². The van der Waals surface area contributed by atoms with E-state index >= 15 is 0 Å². The van der Waals surface area contributed by atoms with Crippen LogP contribution in [0.25, 0.3) is 0 Å². The number of rotatable bonds is 12. The summed E-state index contributed by atoms with van der Waals surface area (Å²) in [5.74, 6) is -0.660. The van der Waals surface area contributed by atoms with E-state index in [2.05, 4.69) is 21.0 Å². The molecule has 19 heavy (non-hydrogen) atoms. The molecule has 0 rings (SSSR count). The quantitative estimate of drug-likeness (QED) is 0.420. The van der Waals surface area contributed by atoms with E-state index in [9.17, 15) is 4.79 Å². The molecule has 0 saturated carbocycles. The van der Waals surface area contributed by atoms with Crippen molar-refractivity contribution >= 4 is 5.97 Å². The summed E-state index contributed by atoms with van der Waals surface area (Å²) < 4.78 is 1.13.